The van der Waals surface area contributed by atoms with Crippen LogP contribution in [-0.4, -0.2) is 56.3 Å². The first-order valence-electron chi connectivity index (χ1n) is 10.0. The third-order valence-corrected chi connectivity index (χ3v) is 7.45. The molecule has 10 nitrogen and oxygen atoms in total. The molecular weight excluding hydrogens is 466 g/mol. The van der Waals surface area contributed by atoms with Crippen LogP contribution in [0.5, 0.6) is 11.8 Å². The van der Waals surface area contributed by atoms with Crippen molar-refractivity contribution in [2.45, 2.75) is 31.2 Å². The lowest BCUT2D eigenvalue weighted by molar-refractivity contribution is 0.0950. The Kier molecular flexibility index (Phi) is 7.82. The number of aromatic nitrogens is 3. The fourth-order valence-corrected chi connectivity index (χ4v) is 5.61. The van der Waals surface area contributed by atoms with E-state index in [1.165, 1.54) is 24.0 Å². The molecular formula is C21H25N5O5S2. The lowest BCUT2D eigenvalue weighted by Crippen LogP contribution is -2.37. The molecule has 0 saturated heterocycles. The van der Waals surface area contributed by atoms with Crippen LogP contribution in [0.1, 0.15) is 29.8 Å². The normalized spacial score (nSPS) is 11.3. The minimum Gasteiger partial charge on any atom is -0.481 e. The van der Waals surface area contributed by atoms with Gasteiger partial charge in [0.05, 0.1) is 19.1 Å². The summed E-state index contributed by atoms with van der Waals surface area (Å²) in [6, 6.07) is 9.41. The summed E-state index contributed by atoms with van der Waals surface area (Å²) in [6.07, 6.45) is 0.516. The Morgan fingerprint density at radius 2 is 1.85 bits per heavy atom. The van der Waals surface area contributed by atoms with Crippen molar-refractivity contribution in [3.8, 4) is 11.8 Å². The number of anilines is 1. The summed E-state index contributed by atoms with van der Waals surface area (Å²) in [5.74, 6) is 0.193. The third-order valence-electron chi connectivity index (χ3n) is 4.67. The van der Waals surface area contributed by atoms with Crippen LogP contribution in [0.3, 0.4) is 0 Å². The molecule has 0 unspecified atom stereocenters. The van der Waals surface area contributed by atoms with Crippen LogP contribution in [0.4, 0.5) is 5.13 Å². The number of carbonyl (C=O) groups is 1. The predicted octanol–water partition coefficient (Wildman–Crippen LogP) is 2.53. The molecule has 3 rings (SSSR count). The minimum absolute atomic E-state index is 0.160. The topological polar surface area (TPSA) is 124 Å². The molecule has 0 spiro atoms. The predicted molar refractivity (Wildman–Crippen MR) is 125 cm³/mol. The first-order chi connectivity index (χ1) is 15.8. The van der Waals surface area contributed by atoms with Gasteiger partial charge in [-0.15, -0.1) is 10.2 Å². The lowest BCUT2D eigenvalue weighted by atomic mass is 10.1. The van der Waals surface area contributed by atoms with Crippen molar-refractivity contribution >= 4 is 32.4 Å². The van der Waals surface area contributed by atoms with Crippen molar-refractivity contribution in [3.63, 3.8) is 0 Å². The molecule has 0 bridgehead atoms. The third kappa shape index (κ3) is 5.57. The second kappa shape index (κ2) is 10.6. The van der Waals surface area contributed by atoms with E-state index in [2.05, 4.69) is 20.5 Å². The zero-order valence-electron chi connectivity index (χ0n) is 18.7. The molecule has 0 radical (unpaired) electrons. The number of ether oxygens (including phenoxy) is 2. The van der Waals surface area contributed by atoms with E-state index >= 15 is 0 Å². The molecule has 33 heavy (non-hydrogen) atoms. The molecule has 0 aliphatic carbocycles. The molecule has 176 valence electrons. The van der Waals surface area contributed by atoms with Gasteiger partial charge in [-0.05, 0) is 44.0 Å². The van der Waals surface area contributed by atoms with Gasteiger partial charge in [0, 0.05) is 18.7 Å². The SMILES string of the molecule is COc1ccc(C(=O)NCCc2ccc(S(=O)(=O)N(c3nncs3)C(C)C)cc2)c(OC)n1. The van der Waals surface area contributed by atoms with Crippen molar-refractivity contribution in [1.82, 2.24) is 20.5 Å². The Labute approximate surface area is 196 Å². The van der Waals surface area contributed by atoms with E-state index in [4.69, 9.17) is 9.47 Å². The molecule has 3 aromatic rings. The van der Waals surface area contributed by atoms with E-state index < -0.39 is 10.0 Å². The summed E-state index contributed by atoms with van der Waals surface area (Å²) < 4.78 is 37.7. The standard InChI is InChI=1S/C21H25N5O5S2/c1-14(2)26(21-25-23-13-32-21)33(28,29)16-7-5-15(6-8-16)11-12-22-19(27)17-9-10-18(30-3)24-20(17)31-4/h5-10,13-14H,11-12H2,1-4H3,(H,22,27). The van der Waals surface area contributed by atoms with Gasteiger partial charge in [-0.1, -0.05) is 23.5 Å². The lowest BCUT2D eigenvalue weighted by Gasteiger charge is -2.25. The van der Waals surface area contributed by atoms with Crippen LogP contribution in [0.2, 0.25) is 0 Å². The summed E-state index contributed by atoms with van der Waals surface area (Å²) in [7, 11) is -0.872. The van der Waals surface area contributed by atoms with Crippen molar-refractivity contribution in [2.75, 3.05) is 25.1 Å². The van der Waals surface area contributed by atoms with Crippen LogP contribution in [-0.2, 0) is 16.4 Å². The molecule has 0 saturated carbocycles. The van der Waals surface area contributed by atoms with Gasteiger partial charge in [-0.2, -0.15) is 4.98 Å². The van der Waals surface area contributed by atoms with E-state index in [1.807, 2.05) is 0 Å². The quantitative estimate of drug-likeness (QED) is 0.459. The summed E-state index contributed by atoms with van der Waals surface area (Å²) in [5.41, 5.74) is 2.67. The average Bonchev–Trinajstić information content (AvgIpc) is 3.32. The second-order valence-electron chi connectivity index (χ2n) is 7.18. The highest BCUT2D eigenvalue weighted by Crippen LogP contribution is 2.27. The number of carbonyl (C=O) groups excluding carboxylic acids is 1. The molecule has 1 N–H and O–H groups in total. The number of nitrogens with zero attached hydrogens (tertiary/aromatic N) is 4. The largest absolute Gasteiger partial charge is 0.481 e. The fraction of sp³-hybridized carbons (Fsp3) is 0.333. The van der Waals surface area contributed by atoms with Crippen LogP contribution in [0.15, 0.2) is 46.8 Å². The first-order valence-corrected chi connectivity index (χ1v) is 12.4. The number of sulfonamides is 1. The number of nitrogens with one attached hydrogen (secondary N) is 1. The van der Waals surface area contributed by atoms with Crippen LogP contribution in [0.25, 0.3) is 0 Å². The Balaban J connectivity index is 1.65. The molecule has 2 heterocycles. The van der Waals surface area contributed by atoms with Crippen molar-refractivity contribution in [2.24, 2.45) is 0 Å². The maximum Gasteiger partial charge on any atom is 0.266 e. The number of methoxy groups -OCH3 is 2. The molecule has 0 aliphatic heterocycles. The molecule has 2 aromatic heterocycles. The number of pyridine rings is 1. The molecule has 1 amide bonds. The van der Waals surface area contributed by atoms with Crippen molar-refractivity contribution in [3.05, 3.63) is 53.0 Å². The molecule has 0 atom stereocenters. The van der Waals surface area contributed by atoms with Gasteiger partial charge >= 0.3 is 0 Å². The van der Waals surface area contributed by atoms with E-state index in [1.54, 1.807) is 50.2 Å². The van der Waals surface area contributed by atoms with Gasteiger partial charge < -0.3 is 14.8 Å². The Bertz CT molecular complexity index is 1180. The van der Waals surface area contributed by atoms with Gasteiger partial charge in [0.2, 0.25) is 16.9 Å². The summed E-state index contributed by atoms with van der Waals surface area (Å²) in [4.78, 5) is 16.7. The van der Waals surface area contributed by atoms with E-state index in [-0.39, 0.29) is 22.7 Å². The minimum atomic E-state index is -3.78. The van der Waals surface area contributed by atoms with E-state index in [0.717, 1.165) is 16.9 Å². The summed E-state index contributed by atoms with van der Waals surface area (Å²) in [5, 5.41) is 10.8. The van der Waals surface area contributed by atoms with E-state index in [0.29, 0.717) is 29.5 Å². The zero-order valence-corrected chi connectivity index (χ0v) is 20.3. The highest BCUT2D eigenvalue weighted by atomic mass is 32.2. The van der Waals surface area contributed by atoms with Crippen LogP contribution >= 0.6 is 11.3 Å². The van der Waals surface area contributed by atoms with Gasteiger partial charge in [-0.3, -0.25) is 4.79 Å². The van der Waals surface area contributed by atoms with Gasteiger partial charge in [0.25, 0.3) is 15.9 Å². The van der Waals surface area contributed by atoms with Gasteiger partial charge in [0.15, 0.2) is 0 Å². The molecule has 1 aromatic carbocycles. The number of hydrogen-bond donors (Lipinski definition) is 1. The number of rotatable bonds is 10. The molecule has 0 aliphatic rings. The van der Waals surface area contributed by atoms with Gasteiger partial charge in [-0.25, -0.2) is 12.7 Å². The maximum absolute atomic E-state index is 13.1. The van der Waals surface area contributed by atoms with Crippen LogP contribution in [0, 0.1) is 0 Å². The molecule has 0 fully saturated rings. The van der Waals surface area contributed by atoms with Crippen molar-refractivity contribution in [1.29, 1.82) is 0 Å². The molecule has 12 heteroatoms. The zero-order chi connectivity index (χ0) is 24.0. The Morgan fingerprint density at radius 3 is 2.42 bits per heavy atom. The smallest absolute Gasteiger partial charge is 0.266 e. The van der Waals surface area contributed by atoms with Crippen LogP contribution < -0.4 is 19.1 Å². The highest BCUT2D eigenvalue weighted by Gasteiger charge is 2.29. The Hall–Kier alpha value is -3.25. The number of hydrogen-bond acceptors (Lipinski definition) is 9. The maximum atomic E-state index is 13.1. The second-order valence-corrected chi connectivity index (χ2v) is 9.80. The summed E-state index contributed by atoms with van der Waals surface area (Å²) in [6.45, 7) is 3.91. The average molecular weight is 492 g/mol. The number of benzene rings is 1. The monoisotopic (exact) mass is 491 g/mol. The van der Waals surface area contributed by atoms with E-state index in [9.17, 15) is 13.2 Å². The number of amides is 1. The Morgan fingerprint density at radius 1 is 1.12 bits per heavy atom. The fourth-order valence-electron chi connectivity index (χ4n) is 3.09. The first kappa shape index (κ1) is 24.4. The summed E-state index contributed by atoms with van der Waals surface area (Å²) >= 11 is 1.16. The van der Waals surface area contributed by atoms with Crippen molar-refractivity contribution < 1.29 is 22.7 Å². The van der Waals surface area contributed by atoms with Gasteiger partial charge in [0.1, 0.15) is 11.1 Å². The highest BCUT2D eigenvalue weighted by molar-refractivity contribution is 7.93.